The summed E-state index contributed by atoms with van der Waals surface area (Å²) in [7, 11) is -2.41. The van der Waals surface area contributed by atoms with Crippen LogP contribution in [0.2, 0.25) is 0 Å². The topological polar surface area (TPSA) is 27.7 Å². The highest BCUT2D eigenvalue weighted by Gasteiger charge is 2.51. The van der Waals surface area contributed by atoms with Gasteiger partial charge in [-0.1, -0.05) is 0 Å². The maximum absolute atomic E-state index is 12.5. The van der Waals surface area contributed by atoms with E-state index in [1.54, 1.807) is 0 Å². The van der Waals surface area contributed by atoms with Gasteiger partial charge in [-0.2, -0.15) is 8.78 Å². The molecule has 0 bridgehead atoms. The molecule has 0 aliphatic carbocycles. The van der Waals surface area contributed by atoms with Crippen molar-refractivity contribution in [3.63, 3.8) is 0 Å². The number of hydrogen-bond acceptors (Lipinski definition) is 3. The second kappa shape index (κ2) is 4.65. The molecule has 14 heavy (non-hydrogen) atoms. The number of alkyl halides is 5. The second-order valence-corrected chi connectivity index (χ2v) is 3.43. The Balaban J connectivity index is 2.46. The molecule has 1 fully saturated rings. The summed E-state index contributed by atoms with van der Waals surface area (Å²) in [6.45, 7) is 0.0425. The summed E-state index contributed by atoms with van der Waals surface area (Å²) in [6, 6.07) is 0. The highest BCUT2D eigenvalue weighted by atomic mass is 31.2. The standard InChI is InChI=1S/C5H6F5O3P/c6-3(4(7)8)5(9,10)13-14-11-1-2-12-14/h3-4H,1-2H2. The molecule has 0 spiro atoms. The molecule has 1 unspecified atom stereocenters. The Morgan fingerprint density at radius 1 is 1.14 bits per heavy atom. The predicted octanol–water partition coefficient (Wildman–Crippen LogP) is 2.47. The molecule has 0 saturated carbocycles. The molecule has 0 aromatic rings. The van der Waals surface area contributed by atoms with E-state index in [4.69, 9.17) is 0 Å². The zero-order chi connectivity index (χ0) is 10.8. The van der Waals surface area contributed by atoms with E-state index in [0.717, 1.165) is 0 Å². The highest BCUT2D eigenvalue weighted by molar-refractivity contribution is 7.42. The predicted molar refractivity (Wildman–Crippen MR) is 35.8 cm³/mol. The number of hydrogen-bond donors (Lipinski definition) is 0. The van der Waals surface area contributed by atoms with Gasteiger partial charge in [0.2, 0.25) is 0 Å². The highest BCUT2D eigenvalue weighted by Crippen LogP contribution is 2.49. The maximum atomic E-state index is 12.5. The van der Waals surface area contributed by atoms with E-state index in [-0.39, 0.29) is 13.2 Å². The van der Waals surface area contributed by atoms with Crippen LogP contribution < -0.4 is 0 Å². The van der Waals surface area contributed by atoms with Gasteiger partial charge in [0, 0.05) is 0 Å². The summed E-state index contributed by atoms with van der Waals surface area (Å²) < 4.78 is 73.0. The molecule has 0 amide bonds. The van der Waals surface area contributed by atoms with Crippen molar-refractivity contribution in [3.8, 4) is 0 Å². The summed E-state index contributed by atoms with van der Waals surface area (Å²) >= 11 is 0. The van der Waals surface area contributed by atoms with Crippen molar-refractivity contribution in [1.82, 2.24) is 0 Å². The van der Waals surface area contributed by atoms with Gasteiger partial charge in [-0.3, -0.25) is 0 Å². The van der Waals surface area contributed by atoms with Crippen LogP contribution in [-0.2, 0) is 13.6 Å². The molecule has 1 rings (SSSR count). The zero-order valence-electron chi connectivity index (χ0n) is 6.63. The molecule has 0 radical (unpaired) electrons. The monoisotopic (exact) mass is 240 g/mol. The van der Waals surface area contributed by atoms with Gasteiger partial charge in [0.05, 0.1) is 13.2 Å². The third-order valence-corrected chi connectivity index (χ3v) is 2.39. The van der Waals surface area contributed by atoms with Gasteiger partial charge in [-0.15, -0.1) is 0 Å². The van der Waals surface area contributed by atoms with Crippen molar-refractivity contribution >= 4 is 8.60 Å². The molecule has 1 heterocycles. The number of halogens is 5. The fourth-order valence-electron chi connectivity index (χ4n) is 0.610. The van der Waals surface area contributed by atoms with E-state index in [2.05, 4.69) is 13.6 Å². The smallest absolute Gasteiger partial charge is 0.310 e. The van der Waals surface area contributed by atoms with Crippen molar-refractivity contribution in [2.75, 3.05) is 13.2 Å². The van der Waals surface area contributed by atoms with E-state index in [1.165, 1.54) is 0 Å². The van der Waals surface area contributed by atoms with Gasteiger partial charge in [0.1, 0.15) is 0 Å². The van der Waals surface area contributed by atoms with Gasteiger partial charge >= 0.3 is 14.7 Å². The first-order valence-corrected chi connectivity index (χ1v) is 4.58. The van der Waals surface area contributed by atoms with E-state index < -0.39 is 27.3 Å². The molecule has 1 saturated heterocycles. The minimum absolute atomic E-state index is 0.0212. The quantitative estimate of drug-likeness (QED) is 0.558. The van der Waals surface area contributed by atoms with Crippen molar-refractivity contribution < 1.29 is 35.5 Å². The molecule has 9 heteroatoms. The summed E-state index contributed by atoms with van der Waals surface area (Å²) in [6.07, 6.45) is -12.1. The molecular weight excluding hydrogens is 234 g/mol. The lowest BCUT2D eigenvalue weighted by Gasteiger charge is -2.21. The Morgan fingerprint density at radius 2 is 1.64 bits per heavy atom. The molecule has 0 aromatic heterocycles. The third kappa shape index (κ3) is 2.98. The van der Waals surface area contributed by atoms with Crippen LogP contribution in [0.3, 0.4) is 0 Å². The molecule has 0 N–H and O–H groups in total. The summed E-state index contributed by atoms with van der Waals surface area (Å²) in [5.74, 6) is 0. The molecule has 1 atom stereocenters. The van der Waals surface area contributed by atoms with Crippen molar-refractivity contribution in [3.05, 3.63) is 0 Å². The van der Waals surface area contributed by atoms with Crippen LogP contribution in [0.5, 0.6) is 0 Å². The first-order valence-electron chi connectivity index (χ1n) is 3.48. The van der Waals surface area contributed by atoms with E-state index in [0.29, 0.717) is 0 Å². The Morgan fingerprint density at radius 3 is 2.07 bits per heavy atom. The van der Waals surface area contributed by atoms with Crippen molar-refractivity contribution in [1.29, 1.82) is 0 Å². The van der Waals surface area contributed by atoms with Crippen molar-refractivity contribution in [2.45, 2.75) is 18.7 Å². The Labute approximate surface area is 77.1 Å². The summed E-state index contributed by atoms with van der Waals surface area (Å²) in [5, 5.41) is 0. The Kier molecular flexibility index (Phi) is 4.00. The van der Waals surface area contributed by atoms with Crippen LogP contribution >= 0.6 is 8.60 Å². The first kappa shape index (κ1) is 12.0. The summed E-state index contributed by atoms with van der Waals surface area (Å²) in [4.78, 5) is 0. The van der Waals surface area contributed by atoms with Crippen molar-refractivity contribution in [2.24, 2.45) is 0 Å². The largest absolute Gasteiger partial charge is 0.398 e. The maximum Gasteiger partial charge on any atom is 0.398 e. The first-order chi connectivity index (χ1) is 6.43. The van der Waals surface area contributed by atoms with Crippen LogP contribution in [0, 0.1) is 0 Å². The molecule has 1 aliphatic heterocycles. The SMILES string of the molecule is FC(F)C(F)C(F)(F)OP1OCCO1. The Bertz CT molecular complexity index is 186. The lowest BCUT2D eigenvalue weighted by atomic mass is 10.4. The average molecular weight is 240 g/mol. The minimum atomic E-state index is -4.59. The van der Waals surface area contributed by atoms with E-state index in [9.17, 15) is 22.0 Å². The molecule has 1 aliphatic rings. The van der Waals surface area contributed by atoms with Gasteiger partial charge in [-0.05, 0) is 0 Å². The lowest BCUT2D eigenvalue weighted by Crippen LogP contribution is -2.36. The fourth-order valence-corrected chi connectivity index (χ4v) is 1.54. The van der Waals surface area contributed by atoms with Crippen LogP contribution in [-0.4, -0.2) is 31.9 Å². The van der Waals surface area contributed by atoms with Gasteiger partial charge in [0.25, 0.3) is 12.6 Å². The zero-order valence-corrected chi connectivity index (χ0v) is 7.53. The van der Waals surface area contributed by atoms with Crippen LogP contribution in [0.25, 0.3) is 0 Å². The van der Waals surface area contributed by atoms with Crippen LogP contribution in [0.15, 0.2) is 0 Å². The van der Waals surface area contributed by atoms with Gasteiger partial charge in [-0.25, -0.2) is 17.7 Å². The minimum Gasteiger partial charge on any atom is -0.310 e. The van der Waals surface area contributed by atoms with E-state index in [1.807, 2.05) is 0 Å². The lowest BCUT2D eigenvalue weighted by molar-refractivity contribution is -0.247. The van der Waals surface area contributed by atoms with Crippen LogP contribution in [0.1, 0.15) is 0 Å². The van der Waals surface area contributed by atoms with Gasteiger partial charge in [0.15, 0.2) is 0 Å². The molecule has 0 aromatic carbocycles. The Hall–Kier alpha value is -0.0400. The third-order valence-electron chi connectivity index (χ3n) is 1.22. The van der Waals surface area contributed by atoms with Gasteiger partial charge < -0.3 is 9.05 Å². The number of rotatable bonds is 4. The normalized spacial score (nSPS) is 21.9. The second-order valence-electron chi connectivity index (χ2n) is 2.28. The summed E-state index contributed by atoms with van der Waals surface area (Å²) in [5.41, 5.74) is 0. The average Bonchev–Trinajstić information content (AvgIpc) is 2.54. The fraction of sp³-hybridized carbons (Fsp3) is 1.00. The molecule has 3 nitrogen and oxygen atoms in total. The molecular formula is C5H6F5O3P. The van der Waals surface area contributed by atoms with E-state index >= 15 is 0 Å². The van der Waals surface area contributed by atoms with Crippen LogP contribution in [0.4, 0.5) is 22.0 Å². The molecule has 84 valence electrons.